The Bertz CT molecular complexity index is 971. The molecule has 25 heavy (non-hydrogen) atoms. The van der Waals surface area contributed by atoms with E-state index >= 15 is 0 Å². The number of hydrogen-bond donors (Lipinski definition) is 1. The molecule has 130 valence electrons. The number of nitrogens with zero attached hydrogens (tertiary/aromatic N) is 4. The maximum absolute atomic E-state index is 12.9. The number of rotatable bonds is 3. The third-order valence-corrected chi connectivity index (χ3v) is 3.75. The molecule has 0 aliphatic heterocycles. The third kappa shape index (κ3) is 2.94. The van der Waals surface area contributed by atoms with Gasteiger partial charge in [0.05, 0.1) is 6.20 Å². The van der Waals surface area contributed by atoms with Gasteiger partial charge in [0.25, 0.3) is 5.82 Å². The van der Waals surface area contributed by atoms with E-state index in [-0.39, 0.29) is 34.7 Å². The molecule has 1 aliphatic carbocycles. The number of anilines is 1. The van der Waals surface area contributed by atoms with Crippen LogP contribution in [0.2, 0.25) is 0 Å². The van der Waals surface area contributed by atoms with Gasteiger partial charge in [0.1, 0.15) is 5.76 Å². The van der Waals surface area contributed by atoms with E-state index in [2.05, 4.69) is 20.4 Å². The number of halogens is 3. The lowest BCUT2D eigenvalue weighted by molar-refractivity contribution is -0.144. The van der Waals surface area contributed by atoms with E-state index in [1.54, 1.807) is 19.1 Å². The number of amides is 1. The Morgan fingerprint density at radius 2 is 2.08 bits per heavy atom. The van der Waals surface area contributed by atoms with Crippen molar-refractivity contribution in [3.8, 4) is 11.5 Å². The summed E-state index contributed by atoms with van der Waals surface area (Å²) in [6, 6.07) is 3.23. The molecule has 0 unspecified atom stereocenters. The SMILES string of the molecule is Cc1ccc(-c2nc(NC(=O)C3CC3)cn3nc(C(F)(F)F)nc23)o1. The van der Waals surface area contributed by atoms with Gasteiger partial charge in [0.2, 0.25) is 5.91 Å². The van der Waals surface area contributed by atoms with Crippen molar-refractivity contribution in [1.82, 2.24) is 19.6 Å². The molecule has 3 aromatic heterocycles. The fourth-order valence-corrected chi connectivity index (χ4v) is 2.37. The Morgan fingerprint density at radius 3 is 2.68 bits per heavy atom. The van der Waals surface area contributed by atoms with Gasteiger partial charge >= 0.3 is 6.18 Å². The van der Waals surface area contributed by atoms with Crippen LogP contribution < -0.4 is 5.32 Å². The summed E-state index contributed by atoms with van der Waals surface area (Å²) in [6.45, 7) is 1.70. The molecule has 1 amide bonds. The highest BCUT2D eigenvalue weighted by Crippen LogP contribution is 2.32. The minimum absolute atomic E-state index is 0.0738. The monoisotopic (exact) mass is 351 g/mol. The van der Waals surface area contributed by atoms with Gasteiger partial charge in [-0.3, -0.25) is 4.79 Å². The summed E-state index contributed by atoms with van der Waals surface area (Å²) in [6.07, 6.45) is -1.91. The average molecular weight is 351 g/mol. The van der Waals surface area contributed by atoms with Crippen molar-refractivity contribution in [1.29, 1.82) is 0 Å². The van der Waals surface area contributed by atoms with Crippen LogP contribution in [0.15, 0.2) is 22.7 Å². The average Bonchev–Trinajstić information content (AvgIpc) is 3.15. The predicted molar refractivity (Wildman–Crippen MR) is 79.6 cm³/mol. The highest BCUT2D eigenvalue weighted by atomic mass is 19.4. The molecule has 4 rings (SSSR count). The van der Waals surface area contributed by atoms with Gasteiger partial charge in [-0.2, -0.15) is 13.2 Å². The molecule has 3 aromatic rings. The second-order valence-electron chi connectivity index (χ2n) is 5.85. The Kier molecular flexibility index (Phi) is 3.31. The van der Waals surface area contributed by atoms with E-state index in [1.165, 1.54) is 6.20 Å². The maximum Gasteiger partial charge on any atom is 0.453 e. The minimum Gasteiger partial charge on any atom is -0.460 e. The van der Waals surface area contributed by atoms with E-state index in [4.69, 9.17) is 4.42 Å². The number of aromatic nitrogens is 4. The summed E-state index contributed by atoms with van der Waals surface area (Å²) in [7, 11) is 0. The molecule has 1 aliphatic rings. The van der Waals surface area contributed by atoms with Gasteiger partial charge in [-0.1, -0.05) is 0 Å². The number of carbonyl (C=O) groups is 1. The van der Waals surface area contributed by atoms with Crippen LogP contribution in [0, 0.1) is 12.8 Å². The van der Waals surface area contributed by atoms with Crippen LogP contribution in [-0.4, -0.2) is 25.5 Å². The van der Waals surface area contributed by atoms with Crippen LogP contribution in [0.4, 0.5) is 19.0 Å². The van der Waals surface area contributed by atoms with Crippen LogP contribution >= 0.6 is 0 Å². The number of nitrogens with one attached hydrogen (secondary N) is 1. The lowest BCUT2D eigenvalue weighted by Crippen LogP contribution is -2.15. The quantitative estimate of drug-likeness (QED) is 0.784. The van der Waals surface area contributed by atoms with Gasteiger partial charge < -0.3 is 9.73 Å². The number of fused-ring (bicyclic) bond motifs is 1. The first-order valence-corrected chi connectivity index (χ1v) is 7.53. The molecule has 0 aromatic carbocycles. The number of alkyl halides is 3. The standard InChI is InChI=1S/C15H12F3N5O2/c1-7-2-5-9(25-7)11-12-21-14(15(16,17)18)22-23(12)6-10(19-11)20-13(24)8-3-4-8/h2,5-6,8H,3-4H2,1H3,(H,20,24). The van der Waals surface area contributed by atoms with E-state index in [0.717, 1.165) is 17.4 Å². The van der Waals surface area contributed by atoms with E-state index < -0.39 is 12.0 Å². The molecule has 1 N–H and O–H groups in total. The summed E-state index contributed by atoms with van der Waals surface area (Å²) in [5.41, 5.74) is -0.0317. The van der Waals surface area contributed by atoms with Crippen molar-refractivity contribution in [2.75, 3.05) is 5.32 Å². The van der Waals surface area contributed by atoms with Crippen molar-refractivity contribution in [2.45, 2.75) is 25.9 Å². The normalized spacial score (nSPS) is 14.9. The van der Waals surface area contributed by atoms with Crippen molar-refractivity contribution in [3.63, 3.8) is 0 Å². The van der Waals surface area contributed by atoms with Crippen molar-refractivity contribution in [3.05, 3.63) is 29.9 Å². The number of hydrogen-bond acceptors (Lipinski definition) is 5. The Labute approximate surface area is 138 Å². The van der Waals surface area contributed by atoms with Crippen LogP contribution in [0.5, 0.6) is 0 Å². The van der Waals surface area contributed by atoms with Gasteiger partial charge in [-0.05, 0) is 31.9 Å². The second kappa shape index (κ2) is 5.30. The third-order valence-electron chi connectivity index (χ3n) is 3.75. The topological polar surface area (TPSA) is 85.3 Å². The van der Waals surface area contributed by atoms with Crippen LogP contribution in [0.3, 0.4) is 0 Å². The molecule has 0 spiro atoms. The van der Waals surface area contributed by atoms with E-state index in [9.17, 15) is 18.0 Å². The summed E-state index contributed by atoms with van der Waals surface area (Å²) in [5, 5.41) is 6.05. The molecule has 1 fully saturated rings. The first kappa shape index (κ1) is 15.6. The maximum atomic E-state index is 12.9. The van der Waals surface area contributed by atoms with Crippen molar-refractivity contribution in [2.24, 2.45) is 5.92 Å². The molecule has 1 saturated carbocycles. The molecule has 0 atom stereocenters. The van der Waals surface area contributed by atoms with Crippen LogP contribution in [0.1, 0.15) is 24.4 Å². The molecular formula is C15H12F3N5O2. The Hall–Kier alpha value is -2.91. The van der Waals surface area contributed by atoms with Crippen LogP contribution in [0.25, 0.3) is 17.1 Å². The molecule has 3 heterocycles. The lowest BCUT2D eigenvalue weighted by Gasteiger charge is -2.06. The first-order chi connectivity index (χ1) is 11.8. The molecule has 0 bridgehead atoms. The van der Waals surface area contributed by atoms with Gasteiger partial charge in [0.15, 0.2) is 22.9 Å². The number of aryl methyl sites for hydroxylation is 1. The molecular weight excluding hydrogens is 339 g/mol. The van der Waals surface area contributed by atoms with Gasteiger partial charge in [-0.25, -0.2) is 14.5 Å². The number of furan rings is 1. The van der Waals surface area contributed by atoms with Crippen molar-refractivity contribution >= 4 is 17.4 Å². The zero-order valence-electron chi connectivity index (χ0n) is 13.0. The first-order valence-electron chi connectivity index (χ1n) is 7.53. The minimum atomic E-state index is -4.69. The fourth-order valence-electron chi connectivity index (χ4n) is 2.37. The molecule has 7 nitrogen and oxygen atoms in total. The summed E-state index contributed by atoms with van der Waals surface area (Å²) in [5.74, 6) is -0.682. The van der Waals surface area contributed by atoms with E-state index in [1.807, 2.05) is 0 Å². The zero-order chi connectivity index (χ0) is 17.8. The number of carbonyl (C=O) groups excluding carboxylic acids is 1. The highest BCUT2D eigenvalue weighted by molar-refractivity contribution is 5.93. The molecule has 0 radical (unpaired) electrons. The van der Waals surface area contributed by atoms with Crippen LogP contribution in [-0.2, 0) is 11.0 Å². The largest absolute Gasteiger partial charge is 0.460 e. The van der Waals surface area contributed by atoms with Crippen molar-refractivity contribution < 1.29 is 22.4 Å². The summed E-state index contributed by atoms with van der Waals surface area (Å²) < 4.78 is 45.2. The molecule has 0 saturated heterocycles. The second-order valence-corrected chi connectivity index (χ2v) is 5.85. The zero-order valence-corrected chi connectivity index (χ0v) is 13.0. The Balaban J connectivity index is 1.85. The van der Waals surface area contributed by atoms with E-state index in [0.29, 0.717) is 5.76 Å². The smallest absolute Gasteiger partial charge is 0.453 e. The molecule has 10 heteroatoms. The van der Waals surface area contributed by atoms with Gasteiger partial charge in [0, 0.05) is 5.92 Å². The summed E-state index contributed by atoms with van der Waals surface area (Å²) >= 11 is 0. The lowest BCUT2D eigenvalue weighted by atomic mass is 10.3. The fraction of sp³-hybridized carbons (Fsp3) is 0.333. The summed E-state index contributed by atoms with van der Waals surface area (Å²) in [4.78, 5) is 19.7. The van der Waals surface area contributed by atoms with Gasteiger partial charge in [-0.15, -0.1) is 5.10 Å². The highest BCUT2D eigenvalue weighted by Gasteiger charge is 2.37. The predicted octanol–water partition coefficient (Wildman–Crippen LogP) is 3.06. The Morgan fingerprint density at radius 1 is 1.32 bits per heavy atom.